The van der Waals surface area contributed by atoms with Crippen LogP contribution in [0.15, 0.2) is 53.3 Å². The molecular formula is C28H39N4O8P. The topological polar surface area (TPSA) is 147 Å². The summed E-state index contributed by atoms with van der Waals surface area (Å²) in [5.41, 5.74) is 1.75. The number of aromatic amines is 1. The Morgan fingerprint density at radius 2 is 1.29 bits per heavy atom. The Kier molecular flexibility index (Phi) is 12.4. The Morgan fingerprint density at radius 3 is 1.85 bits per heavy atom. The van der Waals surface area contributed by atoms with Gasteiger partial charge >= 0.3 is 7.60 Å². The molecule has 1 aliphatic rings. The SMILES string of the molecule is O=c1cccc(CN2CCOCCOCCN(Cc3ccc4cccc(P(=O)(O)O)c4n3)CCOCCOCC2)[nH]1. The lowest BCUT2D eigenvalue weighted by atomic mass is 10.2. The number of nitrogens with one attached hydrogen (secondary N) is 1. The largest absolute Gasteiger partial charge is 0.378 e. The van der Waals surface area contributed by atoms with Crippen LogP contribution in [-0.2, 0) is 36.6 Å². The van der Waals surface area contributed by atoms with Crippen molar-refractivity contribution in [1.82, 2.24) is 19.8 Å². The van der Waals surface area contributed by atoms with Crippen LogP contribution in [0.5, 0.6) is 0 Å². The number of rotatable bonds is 5. The molecule has 4 rings (SSSR count). The van der Waals surface area contributed by atoms with Gasteiger partial charge in [-0.2, -0.15) is 0 Å². The number of benzene rings is 1. The van der Waals surface area contributed by atoms with Crippen LogP contribution in [0.2, 0.25) is 0 Å². The highest BCUT2D eigenvalue weighted by Gasteiger charge is 2.21. The summed E-state index contributed by atoms with van der Waals surface area (Å²) in [4.78, 5) is 43.0. The van der Waals surface area contributed by atoms with Crippen molar-refractivity contribution in [1.29, 1.82) is 0 Å². The van der Waals surface area contributed by atoms with Gasteiger partial charge in [0.2, 0.25) is 5.56 Å². The molecule has 3 aromatic rings. The number of fused-ring (bicyclic) bond motifs is 1. The van der Waals surface area contributed by atoms with E-state index in [4.69, 9.17) is 18.9 Å². The van der Waals surface area contributed by atoms with Crippen LogP contribution in [0.4, 0.5) is 0 Å². The van der Waals surface area contributed by atoms with E-state index >= 15 is 0 Å². The number of pyridine rings is 2. The molecule has 0 amide bonds. The van der Waals surface area contributed by atoms with E-state index in [1.807, 2.05) is 18.2 Å². The number of ether oxygens (including phenoxy) is 4. The maximum Gasteiger partial charge on any atom is 0.358 e. The zero-order valence-electron chi connectivity index (χ0n) is 23.2. The van der Waals surface area contributed by atoms with E-state index in [0.717, 1.165) is 5.69 Å². The van der Waals surface area contributed by atoms with E-state index < -0.39 is 7.60 Å². The zero-order chi connectivity index (χ0) is 28.9. The minimum absolute atomic E-state index is 0.0682. The van der Waals surface area contributed by atoms with Crippen molar-refractivity contribution in [3.8, 4) is 0 Å². The van der Waals surface area contributed by atoms with Crippen molar-refractivity contribution in [3.05, 3.63) is 70.3 Å². The monoisotopic (exact) mass is 590 g/mol. The molecule has 3 heterocycles. The molecule has 0 aliphatic carbocycles. The number of H-pyrrole nitrogens is 1. The summed E-state index contributed by atoms with van der Waals surface area (Å²) in [5.74, 6) is 0. The lowest BCUT2D eigenvalue weighted by Crippen LogP contribution is -2.33. The van der Waals surface area contributed by atoms with Crippen molar-refractivity contribution >= 4 is 23.8 Å². The third kappa shape index (κ3) is 10.7. The molecule has 3 N–H and O–H groups in total. The van der Waals surface area contributed by atoms with E-state index in [1.54, 1.807) is 18.2 Å². The smallest absolute Gasteiger partial charge is 0.358 e. The first kappa shape index (κ1) is 31.4. The van der Waals surface area contributed by atoms with Crippen LogP contribution in [0.1, 0.15) is 11.4 Å². The molecule has 0 bridgehead atoms. The molecule has 1 aromatic carbocycles. The Hall–Kier alpha value is -2.51. The molecule has 2 aromatic heterocycles. The summed E-state index contributed by atoms with van der Waals surface area (Å²) >= 11 is 0. The van der Waals surface area contributed by atoms with Gasteiger partial charge in [0.05, 0.1) is 69.4 Å². The number of hydrogen-bond donors (Lipinski definition) is 3. The molecule has 224 valence electrons. The quantitative estimate of drug-likeness (QED) is 0.367. The summed E-state index contributed by atoms with van der Waals surface area (Å²) in [6.45, 7) is 7.58. The van der Waals surface area contributed by atoms with Crippen LogP contribution in [-0.4, -0.2) is 109 Å². The number of para-hydroxylation sites is 1. The standard InChI is InChI=1S/C28H39N4O8P/c33-27-6-2-4-24(29-27)21-31-9-13-37-17-19-39-15-11-32(12-16-40-20-18-38-14-10-31)22-25-8-7-23-3-1-5-26(28(23)30-25)41(34,35)36/h1-8H,9-22H2,(H,29,33)(H2,34,35,36). The van der Waals surface area contributed by atoms with Gasteiger partial charge in [0, 0.05) is 56.4 Å². The summed E-state index contributed by atoms with van der Waals surface area (Å²) in [7, 11) is -4.46. The Bertz CT molecular complexity index is 1310. The number of hydrogen-bond acceptors (Lipinski definition) is 9. The predicted octanol–water partition coefficient (Wildman–Crippen LogP) is 1.11. The van der Waals surface area contributed by atoms with Crippen LogP contribution >= 0.6 is 7.60 Å². The lowest BCUT2D eigenvalue weighted by Gasteiger charge is -2.23. The van der Waals surface area contributed by atoms with Gasteiger partial charge in [-0.05, 0) is 18.2 Å². The highest BCUT2D eigenvalue weighted by atomic mass is 31.2. The lowest BCUT2D eigenvalue weighted by molar-refractivity contribution is 0.00599. The zero-order valence-corrected chi connectivity index (χ0v) is 24.0. The Morgan fingerprint density at radius 1 is 0.732 bits per heavy atom. The first-order valence-corrected chi connectivity index (χ1v) is 15.4. The molecule has 1 fully saturated rings. The molecule has 13 heteroatoms. The summed E-state index contributed by atoms with van der Waals surface area (Å²) in [5, 5.41) is 0.611. The fraction of sp³-hybridized carbons (Fsp3) is 0.500. The maximum atomic E-state index is 12.0. The van der Waals surface area contributed by atoms with Crippen LogP contribution in [0, 0.1) is 0 Å². The molecule has 0 spiro atoms. The highest BCUT2D eigenvalue weighted by Crippen LogP contribution is 2.35. The highest BCUT2D eigenvalue weighted by molar-refractivity contribution is 7.60. The van der Waals surface area contributed by atoms with Crippen LogP contribution in [0.25, 0.3) is 10.9 Å². The van der Waals surface area contributed by atoms with Gasteiger partial charge in [0.25, 0.3) is 0 Å². The first-order valence-electron chi connectivity index (χ1n) is 13.8. The second-order valence-electron chi connectivity index (χ2n) is 9.74. The van der Waals surface area contributed by atoms with Gasteiger partial charge in [-0.1, -0.05) is 24.3 Å². The molecule has 1 aliphatic heterocycles. The van der Waals surface area contributed by atoms with Gasteiger partial charge in [0.1, 0.15) is 0 Å². The molecule has 12 nitrogen and oxygen atoms in total. The van der Waals surface area contributed by atoms with Crippen LogP contribution < -0.4 is 10.9 Å². The molecule has 41 heavy (non-hydrogen) atoms. The van der Waals surface area contributed by atoms with Gasteiger partial charge in [0.15, 0.2) is 0 Å². The summed E-state index contributed by atoms with van der Waals surface area (Å²) < 4.78 is 35.2. The average Bonchev–Trinajstić information content (AvgIpc) is 2.94. The maximum absolute atomic E-state index is 12.0. The van der Waals surface area contributed by atoms with E-state index in [0.29, 0.717) is 109 Å². The second-order valence-corrected chi connectivity index (χ2v) is 11.3. The van der Waals surface area contributed by atoms with E-state index in [9.17, 15) is 19.1 Å². The fourth-order valence-electron chi connectivity index (χ4n) is 4.51. The van der Waals surface area contributed by atoms with Crippen LogP contribution in [0.3, 0.4) is 0 Å². The minimum Gasteiger partial charge on any atom is -0.378 e. The van der Waals surface area contributed by atoms with Crippen molar-refractivity contribution in [2.75, 3.05) is 79.0 Å². The van der Waals surface area contributed by atoms with E-state index in [-0.39, 0.29) is 10.9 Å². The van der Waals surface area contributed by atoms with Gasteiger partial charge in [-0.25, -0.2) is 0 Å². The van der Waals surface area contributed by atoms with Crippen molar-refractivity contribution in [2.24, 2.45) is 0 Å². The molecule has 0 unspecified atom stereocenters. The number of nitrogens with zero attached hydrogens (tertiary/aromatic N) is 3. The molecule has 0 radical (unpaired) electrons. The van der Waals surface area contributed by atoms with Gasteiger partial charge in [-0.15, -0.1) is 0 Å². The summed E-state index contributed by atoms with van der Waals surface area (Å²) in [6.07, 6.45) is 0. The number of aromatic nitrogens is 2. The third-order valence-corrected chi connectivity index (χ3v) is 7.62. The molecular weight excluding hydrogens is 551 g/mol. The molecule has 0 atom stereocenters. The van der Waals surface area contributed by atoms with Gasteiger partial charge in [-0.3, -0.25) is 24.1 Å². The van der Waals surface area contributed by atoms with E-state index in [2.05, 4.69) is 19.8 Å². The second kappa shape index (κ2) is 16.2. The van der Waals surface area contributed by atoms with Gasteiger partial charge < -0.3 is 33.7 Å². The minimum atomic E-state index is -4.46. The average molecular weight is 591 g/mol. The first-order chi connectivity index (χ1) is 19.9. The fourth-order valence-corrected chi connectivity index (χ4v) is 5.24. The molecule has 1 saturated heterocycles. The third-order valence-electron chi connectivity index (χ3n) is 6.63. The molecule has 0 saturated carbocycles. The van der Waals surface area contributed by atoms with Crippen molar-refractivity contribution in [3.63, 3.8) is 0 Å². The van der Waals surface area contributed by atoms with E-state index in [1.165, 1.54) is 12.1 Å². The Labute approximate surface area is 239 Å². The normalized spacial score (nSPS) is 18.6. The predicted molar refractivity (Wildman–Crippen MR) is 154 cm³/mol. The van der Waals surface area contributed by atoms with Crippen molar-refractivity contribution < 1.29 is 33.3 Å². The van der Waals surface area contributed by atoms with Crippen molar-refractivity contribution in [2.45, 2.75) is 13.1 Å². The summed E-state index contributed by atoms with van der Waals surface area (Å²) in [6, 6.07) is 13.7. The Balaban J connectivity index is 1.31.